The summed E-state index contributed by atoms with van der Waals surface area (Å²) in [5, 5.41) is 0. The predicted octanol–water partition coefficient (Wildman–Crippen LogP) is 2.72. The molecular formula is C18H20O6. The molecule has 6 heteroatoms. The Labute approximate surface area is 140 Å². The Morgan fingerprint density at radius 3 is 2.00 bits per heavy atom. The lowest BCUT2D eigenvalue weighted by Gasteiger charge is -2.42. The molecule has 0 saturated carbocycles. The molecule has 0 N–H and O–H groups in total. The van der Waals surface area contributed by atoms with Crippen LogP contribution in [0.2, 0.25) is 0 Å². The highest BCUT2D eigenvalue weighted by atomic mass is 16.7. The first-order valence-corrected chi connectivity index (χ1v) is 7.44. The number of rotatable bonds is 2. The Bertz CT molecular complexity index is 686. The van der Waals surface area contributed by atoms with E-state index in [1.54, 1.807) is 19.1 Å². The Hall–Kier alpha value is -2.63. The SMILES string of the molecule is COC(=O)c1ccc(C=C2C(=O)OC(C)(C(C)(C)C)OC2=O)cc1. The predicted molar refractivity (Wildman–Crippen MR) is 85.8 cm³/mol. The van der Waals surface area contributed by atoms with Crippen molar-refractivity contribution in [1.82, 2.24) is 0 Å². The molecule has 0 radical (unpaired) electrons. The van der Waals surface area contributed by atoms with E-state index in [-0.39, 0.29) is 5.57 Å². The maximum absolute atomic E-state index is 12.2. The van der Waals surface area contributed by atoms with Crippen LogP contribution in [0.4, 0.5) is 0 Å². The summed E-state index contributed by atoms with van der Waals surface area (Å²) in [5.41, 5.74) is 0.175. The summed E-state index contributed by atoms with van der Waals surface area (Å²) in [6.45, 7) is 7.00. The Morgan fingerprint density at radius 1 is 1.08 bits per heavy atom. The maximum atomic E-state index is 12.2. The van der Waals surface area contributed by atoms with E-state index in [2.05, 4.69) is 4.74 Å². The third-order valence-electron chi connectivity index (χ3n) is 4.02. The van der Waals surface area contributed by atoms with Crippen molar-refractivity contribution in [3.05, 3.63) is 41.0 Å². The van der Waals surface area contributed by atoms with E-state index in [1.165, 1.54) is 25.3 Å². The van der Waals surface area contributed by atoms with Crippen molar-refractivity contribution in [1.29, 1.82) is 0 Å². The molecule has 0 aromatic heterocycles. The van der Waals surface area contributed by atoms with E-state index in [1.807, 2.05) is 20.8 Å². The molecule has 0 amide bonds. The molecule has 128 valence electrons. The van der Waals surface area contributed by atoms with Crippen molar-refractivity contribution >= 4 is 24.0 Å². The van der Waals surface area contributed by atoms with Crippen molar-refractivity contribution in [2.45, 2.75) is 33.5 Å². The number of ether oxygens (including phenoxy) is 3. The number of hydrogen-bond donors (Lipinski definition) is 0. The fourth-order valence-corrected chi connectivity index (χ4v) is 1.99. The summed E-state index contributed by atoms with van der Waals surface area (Å²) in [4.78, 5) is 35.9. The second kappa shape index (κ2) is 6.11. The maximum Gasteiger partial charge on any atom is 0.348 e. The van der Waals surface area contributed by atoms with Crippen LogP contribution >= 0.6 is 0 Å². The molecule has 1 aromatic carbocycles. The van der Waals surface area contributed by atoms with Crippen LogP contribution in [-0.4, -0.2) is 30.8 Å². The second-order valence-corrected chi connectivity index (χ2v) is 6.65. The zero-order chi connectivity index (χ0) is 18.1. The third kappa shape index (κ3) is 3.32. The number of carbonyl (C=O) groups excluding carboxylic acids is 3. The monoisotopic (exact) mass is 332 g/mol. The van der Waals surface area contributed by atoms with Crippen LogP contribution in [0.1, 0.15) is 43.6 Å². The molecule has 0 aliphatic carbocycles. The van der Waals surface area contributed by atoms with Crippen molar-refractivity contribution in [3.63, 3.8) is 0 Å². The van der Waals surface area contributed by atoms with E-state index in [4.69, 9.17) is 9.47 Å². The van der Waals surface area contributed by atoms with Gasteiger partial charge in [0.05, 0.1) is 12.7 Å². The lowest BCUT2D eigenvalue weighted by atomic mass is 9.85. The highest BCUT2D eigenvalue weighted by Gasteiger charge is 2.50. The molecule has 1 heterocycles. The van der Waals surface area contributed by atoms with Gasteiger partial charge in [0.25, 0.3) is 5.79 Å². The molecule has 0 atom stereocenters. The van der Waals surface area contributed by atoms with Gasteiger partial charge in [-0.2, -0.15) is 0 Å². The van der Waals surface area contributed by atoms with Gasteiger partial charge in [0.2, 0.25) is 0 Å². The molecule has 1 aromatic rings. The minimum Gasteiger partial charge on any atom is -0.465 e. The van der Waals surface area contributed by atoms with Crippen LogP contribution in [0.15, 0.2) is 29.8 Å². The lowest BCUT2D eigenvalue weighted by Crippen LogP contribution is -2.52. The quantitative estimate of drug-likeness (QED) is 0.471. The van der Waals surface area contributed by atoms with Crippen LogP contribution in [-0.2, 0) is 23.8 Å². The smallest absolute Gasteiger partial charge is 0.348 e. The van der Waals surface area contributed by atoms with Crippen molar-refractivity contribution in [3.8, 4) is 0 Å². The largest absolute Gasteiger partial charge is 0.465 e. The van der Waals surface area contributed by atoms with Gasteiger partial charge in [-0.3, -0.25) is 0 Å². The van der Waals surface area contributed by atoms with Crippen molar-refractivity contribution in [2.75, 3.05) is 7.11 Å². The first-order chi connectivity index (χ1) is 11.1. The van der Waals surface area contributed by atoms with Gasteiger partial charge in [0, 0.05) is 12.3 Å². The molecule has 24 heavy (non-hydrogen) atoms. The van der Waals surface area contributed by atoms with E-state index < -0.39 is 29.1 Å². The molecule has 0 bridgehead atoms. The fraction of sp³-hybridized carbons (Fsp3) is 0.389. The van der Waals surface area contributed by atoms with E-state index >= 15 is 0 Å². The average molecular weight is 332 g/mol. The number of benzene rings is 1. The van der Waals surface area contributed by atoms with Gasteiger partial charge in [-0.25, -0.2) is 14.4 Å². The lowest BCUT2D eigenvalue weighted by molar-refractivity contribution is -0.261. The Morgan fingerprint density at radius 2 is 1.58 bits per heavy atom. The van der Waals surface area contributed by atoms with Gasteiger partial charge in [0.1, 0.15) is 5.57 Å². The zero-order valence-corrected chi connectivity index (χ0v) is 14.3. The fourth-order valence-electron chi connectivity index (χ4n) is 1.99. The van der Waals surface area contributed by atoms with Gasteiger partial charge >= 0.3 is 17.9 Å². The standard InChI is InChI=1S/C18H20O6/c1-17(2,3)18(4)23-15(20)13(16(21)24-18)10-11-6-8-12(9-7-11)14(19)22-5/h6-10H,1-5H3. The molecule has 0 unspecified atom stereocenters. The number of carbonyl (C=O) groups is 3. The molecule has 1 aliphatic heterocycles. The summed E-state index contributed by atoms with van der Waals surface area (Å²) < 4.78 is 15.3. The van der Waals surface area contributed by atoms with Crippen LogP contribution in [0, 0.1) is 5.41 Å². The molecule has 1 saturated heterocycles. The van der Waals surface area contributed by atoms with Gasteiger partial charge in [-0.15, -0.1) is 0 Å². The topological polar surface area (TPSA) is 78.9 Å². The van der Waals surface area contributed by atoms with Gasteiger partial charge < -0.3 is 14.2 Å². The second-order valence-electron chi connectivity index (χ2n) is 6.65. The van der Waals surface area contributed by atoms with Crippen molar-refractivity contribution < 1.29 is 28.6 Å². The first kappa shape index (κ1) is 17.7. The minimum absolute atomic E-state index is 0.192. The summed E-state index contributed by atoms with van der Waals surface area (Å²) in [5.74, 6) is -3.26. The number of hydrogen-bond acceptors (Lipinski definition) is 6. The summed E-state index contributed by atoms with van der Waals surface area (Å²) in [6.07, 6.45) is 1.37. The van der Waals surface area contributed by atoms with Crippen LogP contribution in [0.25, 0.3) is 6.08 Å². The third-order valence-corrected chi connectivity index (χ3v) is 4.02. The van der Waals surface area contributed by atoms with E-state index in [0.717, 1.165) is 0 Å². The number of cyclic esters (lactones) is 2. The summed E-state index contributed by atoms with van der Waals surface area (Å²) >= 11 is 0. The summed E-state index contributed by atoms with van der Waals surface area (Å²) in [7, 11) is 1.29. The molecule has 1 fully saturated rings. The number of esters is 3. The highest BCUT2D eigenvalue weighted by Crippen LogP contribution is 2.38. The normalized spacial score (nSPS) is 21.0. The van der Waals surface area contributed by atoms with Gasteiger partial charge in [-0.1, -0.05) is 32.9 Å². The summed E-state index contributed by atoms with van der Waals surface area (Å²) in [6, 6.07) is 6.27. The van der Waals surface area contributed by atoms with E-state index in [0.29, 0.717) is 11.1 Å². The van der Waals surface area contributed by atoms with Gasteiger partial charge in [-0.05, 0) is 23.8 Å². The van der Waals surface area contributed by atoms with Crippen LogP contribution in [0.3, 0.4) is 0 Å². The molecular weight excluding hydrogens is 312 g/mol. The average Bonchev–Trinajstić information content (AvgIpc) is 2.49. The highest BCUT2D eigenvalue weighted by molar-refractivity contribution is 6.19. The minimum atomic E-state index is -1.33. The molecule has 6 nitrogen and oxygen atoms in total. The van der Waals surface area contributed by atoms with Crippen molar-refractivity contribution in [2.24, 2.45) is 5.41 Å². The van der Waals surface area contributed by atoms with E-state index in [9.17, 15) is 14.4 Å². The zero-order valence-electron chi connectivity index (χ0n) is 14.3. The Balaban J connectivity index is 2.27. The van der Waals surface area contributed by atoms with Crippen LogP contribution in [0.5, 0.6) is 0 Å². The molecule has 2 rings (SSSR count). The van der Waals surface area contributed by atoms with Gasteiger partial charge in [0.15, 0.2) is 0 Å². The molecule has 1 aliphatic rings. The first-order valence-electron chi connectivity index (χ1n) is 7.44. The van der Waals surface area contributed by atoms with Crippen LogP contribution < -0.4 is 0 Å². The Kier molecular flexibility index (Phi) is 4.51. The molecule has 0 spiro atoms. The number of methoxy groups -OCH3 is 1.